The molecule has 2 saturated heterocycles. The Kier molecular flexibility index (Phi) is 10.8. The molecule has 1 aromatic rings. The van der Waals surface area contributed by atoms with Gasteiger partial charge in [0.1, 0.15) is 42.4 Å². The molecule has 2 fully saturated rings. The molecule has 2 aliphatic rings. The second-order valence-electron chi connectivity index (χ2n) is 9.39. The summed E-state index contributed by atoms with van der Waals surface area (Å²) in [6.07, 6.45) is -14.9. The van der Waals surface area contributed by atoms with E-state index in [1.54, 1.807) is 0 Å². The highest BCUT2D eigenvalue weighted by Crippen LogP contribution is 2.51. The summed E-state index contributed by atoms with van der Waals surface area (Å²) < 4.78 is 33.7. The lowest BCUT2D eigenvalue weighted by Gasteiger charge is -2.46. The third-order valence-electron chi connectivity index (χ3n) is 6.46. The Morgan fingerprint density at radius 1 is 1.29 bits per heavy atom. The first kappa shape index (κ1) is 33.9. The number of carbonyl (C=O) groups excluding carboxylic acids is 1. The van der Waals surface area contributed by atoms with Crippen molar-refractivity contribution in [3.63, 3.8) is 0 Å². The predicted octanol–water partition coefficient (Wildman–Crippen LogP) is -6.33. The number of carboxylic acids is 1. The molecular formula is C20H32N5O16P. The number of phosphoric acid groups is 1. The van der Waals surface area contributed by atoms with E-state index in [2.05, 4.69) is 10.3 Å². The van der Waals surface area contributed by atoms with Gasteiger partial charge in [0.05, 0.1) is 31.9 Å². The number of aliphatic hydroxyl groups is 6. The number of hydrogen-bond donors (Lipinski definition) is 11. The minimum absolute atomic E-state index is 0.140. The van der Waals surface area contributed by atoms with Crippen LogP contribution >= 0.6 is 7.82 Å². The lowest BCUT2D eigenvalue weighted by molar-refractivity contribution is -0.289. The highest BCUT2D eigenvalue weighted by atomic mass is 31.2. The molecule has 0 aromatic carbocycles. The molecule has 1 aromatic heterocycles. The van der Waals surface area contributed by atoms with Gasteiger partial charge < -0.3 is 66.9 Å². The predicted molar refractivity (Wildman–Crippen MR) is 132 cm³/mol. The van der Waals surface area contributed by atoms with Crippen molar-refractivity contribution in [1.82, 2.24) is 14.9 Å². The topological polar surface area (TPSA) is 349 Å². The van der Waals surface area contributed by atoms with Crippen LogP contribution in [0.3, 0.4) is 0 Å². The standard InChI is InChI=1S/C20H32N5O16P/c21-4-11(29)24-12-7(27)3-20(18(33)34,40-16(12)13(30)8(28)5-26)41-42(36,37)38-6-9-14(31)15(32)17(39-9)25-2-1-10(22)23-19(25)35/h1-2,7-9,12-17,26-28,30-32H,3-6,21H2,(H,24,29)(H,33,34)(H,36,37)(H2,22,23,35)/t7-,8?,9-,12-,13-,14?,15+,16?,17-,20-/m1/s1. The average molecular weight is 629 g/mol. The van der Waals surface area contributed by atoms with Gasteiger partial charge in [-0.25, -0.2) is 18.7 Å². The minimum atomic E-state index is -5.54. The van der Waals surface area contributed by atoms with Gasteiger partial charge in [-0.2, -0.15) is 4.98 Å². The minimum Gasteiger partial charge on any atom is -0.477 e. The molecule has 3 heterocycles. The number of amides is 1. The van der Waals surface area contributed by atoms with Gasteiger partial charge in [-0.15, -0.1) is 0 Å². The van der Waals surface area contributed by atoms with Crippen LogP contribution in [0, 0.1) is 0 Å². The first-order chi connectivity index (χ1) is 19.6. The average Bonchev–Trinajstić information content (AvgIpc) is 3.20. The number of nitrogens with two attached hydrogens (primary N) is 2. The molecule has 0 spiro atoms. The van der Waals surface area contributed by atoms with Crippen LogP contribution in [0.5, 0.6) is 0 Å². The number of aliphatic hydroxyl groups excluding tert-OH is 6. The Morgan fingerprint density at radius 2 is 1.95 bits per heavy atom. The summed E-state index contributed by atoms with van der Waals surface area (Å²) in [4.78, 5) is 49.9. The van der Waals surface area contributed by atoms with Gasteiger partial charge in [0.2, 0.25) is 5.91 Å². The molecule has 11 atom stereocenters. The van der Waals surface area contributed by atoms with Crippen molar-refractivity contribution in [2.75, 3.05) is 25.5 Å². The van der Waals surface area contributed by atoms with Crippen molar-refractivity contribution < 1.29 is 73.3 Å². The summed E-state index contributed by atoms with van der Waals surface area (Å²) in [6.45, 7) is -2.71. The van der Waals surface area contributed by atoms with E-state index in [4.69, 9.17) is 30.0 Å². The number of phosphoric ester groups is 1. The fourth-order valence-electron chi connectivity index (χ4n) is 4.33. The van der Waals surface area contributed by atoms with Crippen molar-refractivity contribution in [1.29, 1.82) is 0 Å². The number of aliphatic carboxylic acids is 1. The van der Waals surface area contributed by atoms with Crippen LogP contribution in [0.2, 0.25) is 0 Å². The molecular weight excluding hydrogens is 597 g/mol. The monoisotopic (exact) mass is 629 g/mol. The van der Waals surface area contributed by atoms with Gasteiger partial charge in [0, 0.05) is 12.6 Å². The first-order valence-corrected chi connectivity index (χ1v) is 13.7. The molecule has 22 heteroatoms. The molecule has 4 unspecified atom stereocenters. The summed E-state index contributed by atoms with van der Waals surface area (Å²) in [6, 6.07) is -0.442. The molecule has 0 saturated carbocycles. The van der Waals surface area contributed by atoms with Gasteiger partial charge in [-0.1, -0.05) is 0 Å². The third-order valence-corrected chi connectivity index (χ3v) is 7.46. The van der Waals surface area contributed by atoms with E-state index in [0.29, 0.717) is 0 Å². The van der Waals surface area contributed by atoms with Crippen LogP contribution in [0.15, 0.2) is 17.1 Å². The van der Waals surface area contributed by atoms with Gasteiger partial charge >= 0.3 is 19.5 Å². The first-order valence-electron chi connectivity index (χ1n) is 12.2. The molecule has 2 aliphatic heterocycles. The number of anilines is 1. The van der Waals surface area contributed by atoms with E-state index < -0.39 is 112 Å². The summed E-state index contributed by atoms with van der Waals surface area (Å²) in [5, 5.41) is 72.8. The number of nitrogens with zero attached hydrogens (tertiary/aromatic N) is 2. The molecule has 21 nitrogen and oxygen atoms in total. The molecule has 0 radical (unpaired) electrons. The molecule has 238 valence electrons. The summed E-state index contributed by atoms with van der Waals surface area (Å²) in [7, 11) is -5.54. The van der Waals surface area contributed by atoms with E-state index >= 15 is 0 Å². The third kappa shape index (κ3) is 7.29. The maximum Gasteiger partial charge on any atom is 0.475 e. The normalized spacial score (nSPS) is 34.3. The van der Waals surface area contributed by atoms with E-state index in [1.165, 1.54) is 6.07 Å². The van der Waals surface area contributed by atoms with Crippen molar-refractivity contribution in [3.05, 3.63) is 22.7 Å². The molecule has 42 heavy (non-hydrogen) atoms. The van der Waals surface area contributed by atoms with Crippen molar-refractivity contribution in [2.45, 2.75) is 67.2 Å². The van der Waals surface area contributed by atoms with Crippen LogP contribution in [0.4, 0.5) is 5.82 Å². The molecule has 0 bridgehead atoms. The lowest BCUT2D eigenvalue weighted by Crippen LogP contribution is -2.68. The number of hydrogen-bond acceptors (Lipinski definition) is 17. The van der Waals surface area contributed by atoms with E-state index in [-0.39, 0.29) is 5.82 Å². The Hall–Kier alpha value is -2.63. The smallest absolute Gasteiger partial charge is 0.475 e. The molecule has 3 rings (SSSR count). The van der Waals surface area contributed by atoms with Gasteiger partial charge in [-0.05, 0) is 6.07 Å². The number of ether oxygens (including phenoxy) is 2. The largest absolute Gasteiger partial charge is 0.477 e. The second-order valence-corrected chi connectivity index (χ2v) is 10.8. The Bertz CT molecular complexity index is 1240. The summed E-state index contributed by atoms with van der Waals surface area (Å²) in [5.74, 6) is -6.39. The maximum atomic E-state index is 12.8. The van der Waals surface area contributed by atoms with Crippen molar-refractivity contribution >= 4 is 25.5 Å². The van der Waals surface area contributed by atoms with Gasteiger partial charge in [0.15, 0.2) is 6.23 Å². The number of rotatable bonds is 12. The second kappa shape index (κ2) is 13.3. The van der Waals surface area contributed by atoms with Crippen LogP contribution in [-0.2, 0) is 32.7 Å². The van der Waals surface area contributed by atoms with E-state index in [1.807, 2.05) is 0 Å². The number of carboxylic acid groups (broad SMARTS) is 1. The van der Waals surface area contributed by atoms with Gasteiger partial charge in [-0.3, -0.25) is 13.9 Å². The fourth-order valence-corrected chi connectivity index (χ4v) is 5.28. The summed E-state index contributed by atoms with van der Waals surface area (Å²) >= 11 is 0. The van der Waals surface area contributed by atoms with Crippen molar-refractivity contribution in [2.24, 2.45) is 5.73 Å². The van der Waals surface area contributed by atoms with Crippen LogP contribution < -0.4 is 22.5 Å². The highest BCUT2D eigenvalue weighted by molar-refractivity contribution is 7.47. The maximum absolute atomic E-state index is 12.8. The zero-order valence-corrected chi connectivity index (χ0v) is 22.4. The Morgan fingerprint density at radius 3 is 2.52 bits per heavy atom. The Balaban J connectivity index is 1.79. The molecule has 1 amide bonds. The summed E-state index contributed by atoms with van der Waals surface area (Å²) in [5.41, 5.74) is 9.68. The number of carbonyl (C=O) groups is 2. The van der Waals surface area contributed by atoms with E-state index in [0.717, 1.165) is 10.8 Å². The van der Waals surface area contributed by atoms with Crippen LogP contribution in [0.25, 0.3) is 0 Å². The number of nitrogens with one attached hydrogen (secondary N) is 1. The quantitative estimate of drug-likeness (QED) is 0.0957. The molecule has 0 aliphatic carbocycles. The molecule has 13 N–H and O–H groups in total. The SMILES string of the molecule is NCC(=O)N[C@H]1C([C@H](O)C(O)CO)O[C@](OP(=O)(O)OC[C@H]2O[C@@H](n3ccc(N)nc3=O)[C@@H](O)C2O)(C(=O)O)C[C@H]1O. The lowest BCUT2D eigenvalue weighted by atomic mass is 9.88. The van der Waals surface area contributed by atoms with Crippen LogP contribution in [0.1, 0.15) is 12.6 Å². The highest BCUT2D eigenvalue weighted by Gasteiger charge is 2.59. The fraction of sp³-hybridized carbons (Fsp3) is 0.700. The van der Waals surface area contributed by atoms with Gasteiger partial charge in [0.25, 0.3) is 5.79 Å². The Labute approximate surface area is 235 Å². The number of aromatic nitrogens is 2. The van der Waals surface area contributed by atoms with Crippen LogP contribution in [-0.4, -0.2) is 136 Å². The zero-order chi connectivity index (χ0) is 31.6. The van der Waals surface area contributed by atoms with Crippen molar-refractivity contribution in [3.8, 4) is 0 Å². The number of nitrogen functional groups attached to an aromatic ring is 1. The van der Waals surface area contributed by atoms with E-state index in [9.17, 15) is 59.6 Å². The zero-order valence-electron chi connectivity index (χ0n) is 21.5.